The fourth-order valence-electron chi connectivity index (χ4n) is 3.44. The van der Waals surface area contributed by atoms with E-state index in [1.54, 1.807) is 0 Å². The number of alkyl halides is 3. The minimum atomic E-state index is -4.04. The highest BCUT2D eigenvalue weighted by Crippen LogP contribution is 2.40. The van der Waals surface area contributed by atoms with Crippen LogP contribution in [0.4, 0.5) is 13.2 Å². The Morgan fingerprint density at radius 3 is 2.71 bits per heavy atom. The van der Waals surface area contributed by atoms with E-state index in [2.05, 4.69) is 17.4 Å². The van der Waals surface area contributed by atoms with E-state index in [0.29, 0.717) is 12.8 Å². The molecule has 1 fully saturated rings. The van der Waals surface area contributed by atoms with Gasteiger partial charge < -0.3 is 5.32 Å². The van der Waals surface area contributed by atoms with E-state index in [1.165, 1.54) is 10.5 Å². The summed E-state index contributed by atoms with van der Waals surface area (Å²) in [5, 5.41) is 3.50. The molecule has 3 rings (SSSR count). The summed E-state index contributed by atoms with van der Waals surface area (Å²) in [6.07, 6.45) is -0.993. The van der Waals surface area contributed by atoms with Gasteiger partial charge in [0.25, 0.3) is 0 Å². The van der Waals surface area contributed by atoms with E-state index in [-0.39, 0.29) is 18.5 Å². The monoisotopic (exact) mass is 315 g/mol. The molecule has 1 saturated carbocycles. The van der Waals surface area contributed by atoms with Crippen molar-refractivity contribution in [2.24, 2.45) is 5.92 Å². The zero-order valence-corrected chi connectivity index (χ0v) is 12.6. The fraction of sp³-hybridized carbons (Fsp3) is 0.625. The van der Waals surface area contributed by atoms with Crippen LogP contribution >= 0.6 is 11.8 Å². The standard InChI is InChI=1S/C16H20F3NS/c17-16(18,19)11-4-3-5-12(10-11)20-14-8-9-21-15-7-2-1-6-13(14)15/h1-2,6-7,11-12,14,20H,3-5,8-10H2. The molecular formula is C16H20F3NS. The topological polar surface area (TPSA) is 12.0 Å². The summed E-state index contributed by atoms with van der Waals surface area (Å²) >= 11 is 1.84. The third-order valence-corrected chi connectivity index (χ3v) is 5.66. The van der Waals surface area contributed by atoms with Crippen molar-refractivity contribution < 1.29 is 13.2 Å². The van der Waals surface area contributed by atoms with Crippen LogP contribution in [-0.2, 0) is 0 Å². The Labute approximate surface area is 127 Å². The van der Waals surface area contributed by atoms with Crippen LogP contribution in [0.3, 0.4) is 0 Å². The van der Waals surface area contributed by atoms with Crippen molar-refractivity contribution >= 4 is 11.8 Å². The Bertz CT molecular complexity index is 489. The van der Waals surface area contributed by atoms with Gasteiger partial charge in [0.1, 0.15) is 0 Å². The summed E-state index contributed by atoms with van der Waals surface area (Å²) in [4.78, 5) is 1.27. The zero-order valence-electron chi connectivity index (χ0n) is 11.8. The lowest BCUT2D eigenvalue weighted by atomic mass is 9.84. The second-order valence-electron chi connectivity index (χ2n) is 6.00. The van der Waals surface area contributed by atoms with Crippen molar-refractivity contribution in [3.63, 3.8) is 0 Å². The van der Waals surface area contributed by atoms with Crippen LogP contribution in [0.15, 0.2) is 29.2 Å². The molecule has 0 bridgehead atoms. The first-order chi connectivity index (χ1) is 10.0. The number of hydrogen-bond donors (Lipinski definition) is 1. The molecule has 0 radical (unpaired) electrons. The second-order valence-corrected chi connectivity index (χ2v) is 7.13. The van der Waals surface area contributed by atoms with Crippen LogP contribution in [0.1, 0.15) is 43.7 Å². The molecule has 3 unspecified atom stereocenters. The molecular weight excluding hydrogens is 295 g/mol. The van der Waals surface area contributed by atoms with Crippen molar-refractivity contribution in [1.29, 1.82) is 0 Å². The maximum absolute atomic E-state index is 12.9. The molecule has 1 aliphatic heterocycles. The maximum Gasteiger partial charge on any atom is 0.391 e. The highest BCUT2D eigenvalue weighted by atomic mass is 32.2. The van der Waals surface area contributed by atoms with Crippen LogP contribution in [-0.4, -0.2) is 18.0 Å². The van der Waals surface area contributed by atoms with Crippen molar-refractivity contribution in [1.82, 2.24) is 5.32 Å². The Hall–Kier alpha value is -0.680. The van der Waals surface area contributed by atoms with E-state index in [0.717, 1.165) is 18.6 Å². The molecule has 1 heterocycles. The number of hydrogen-bond acceptors (Lipinski definition) is 2. The van der Waals surface area contributed by atoms with Crippen molar-refractivity contribution in [3.05, 3.63) is 29.8 Å². The molecule has 0 aromatic heterocycles. The molecule has 1 aliphatic carbocycles. The summed E-state index contributed by atoms with van der Waals surface area (Å²) in [6, 6.07) is 8.44. The van der Waals surface area contributed by atoms with Gasteiger partial charge in [-0.3, -0.25) is 0 Å². The average Bonchev–Trinajstić information content (AvgIpc) is 2.47. The number of halogens is 3. The van der Waals surface area contributed by atoms with Gasteiger partial charge in [0.05, 0.1) is 5.92 Å². The number of thioether (sulfide) groups is 1. The lowest BCUT2D eigenvalue weighted by molar-refractivity contribution is -0.183. The molecule has 21 heavy (non-hydrogen) atoms. The quantitative estimate of drug-likeness (QED) is 0.830. The molecule has 3 atom stereocenters. The Morgan fingerprint density at radius 2 is 1.90 bits per heavy atom. The lowest BCUT2D eigenvalue weighted by Crippen LogP contribution is -2.41. The predicted octanol–water partition coefficient (Wildman–Crippen LogP) is 4.93. The Morgan fingerprint density at radius 1 is 1.10 bits per heavy atom. The summed E-state index contributed by atoms with van der Waals surface area (Å²) < 4.78 is 38.7. The molecule has 116 valence electrons. The predicted molar refractivity (Wildman–Crippen MR) is 79.5 cm³/mol. The number of fused-ring (bicyclic) bond motifs is 1. The number of benzene rings is 1. The van der Waals surface area contributed by atoms with Crippen LogP contribution in [0, 0.1) is 5.92 Å². The molecule has 5 heteroatoms. The van der Waals surface area contributed by atoms with Crippen molar-refractivity contribution in [3.8, 4) is 0 Å². The maximum atomic E-state index is 12.9. The minimum absolute atomic E-state index is 0.00784. The largest absolute Gasteiger partial charge is 0.391 e. The minimum Gasteiger partial charge on any atom is -0.307 e. The molecule has 1 aromatic carbocycles. The van der Waals surface area contributed by atoms with Gasteiger partial charge in [-0.2, -0.15) is 13.2 Å². The van der Waals surface area contributed by atoms with Gasteiger partial charge in [-0.05, 0) is 43.1 Å². The van der Waals surface area contributed by atoms with E-state index in [9.17, 15) is 13.2 Å². The fourth-order valence-corrected chi connectivity index (χ4v) is 4.56. The van der Waals surface area contributed by atoms with E-state index in [1.807, 2.05) is 23.9 Å². The van der Waals surface area contributed by atoms with Crippen molar-refractivity contribution in [2.45, 2.75) is 55.3 Å². The molecule has 1 nitrogen and oxygen atoms in total. The third-order valence-electron chi connectivity index (χ3n) is 4.53. The second kappa shape index (κ2) is 6.21. The molecule has 0 amide bonds. The molecule has 1 N–H and O–H groups in total. The molecule has 1 aromatic rings. The highest BCUT2D eigenvalue weighted by Gasteiger charge is 2.42. The Balaban J connectivity index is 1.67. The smallest absolute Gasteiger partial charge is 0.307 e. The normalized spacial score (nSPS) is 30.0. The summed E-state index contributed by atoms with van der Waals surface area (Å²) in [5.41, 5.74) is 1.25. The lowest BCUT2D eigenvalue weighted by Gasteiger charge is -2.35. The molecule has 0 spiro atoms. The van der Waals surface area contributed by atoms with Crippen LogP contribution in [0.2, 0.25) is 0 Å². The first kappa shape index (κ1) is 15.2. The first-order valence-corrected chi connectivity index (χ1v) is 8.57. The van der Waals surface area contributed by atoms with E-state index in [4.69, 9.17) is 0 Å². The summed E-state index contributed by atoms with van der Waals surface area (Å²) in [5.74, 6) is -0.0960. The first-order valence-electron chi connectivity index (χ1n) is 7.58. The third kappa shape index (κ3) is 3.57. The molecule has 2 aliphatic rings. The van der Waals surface area contributed by atoms with Gasteiger partial charge in [-0.15, -0.1) is 11.8 Å². The van der Waals surface area contributed by atoms with Gasteiger partial charge in [0.15, 0.2) is 0 Å². The van der Waals surface area contributed by atoms with E-state index < -0.39 is 12.1 Å². The van der Waals surface area contributed by atoms with Gasteiger partial charge >= 0.3 is 6.18 Å². The summed E-state index contributed by atoms with van der Waals surface area (Å²) in [6.45, 7) is 0. The zero-order chi connectivity index (χ0) is 14.9. The van der Waals surface area contributed by atoms with Gasteiger partial charge in [0, 0.05) is 17.0 Å². The van der Waals surface area contributed by atoms with Gasteiger partial charge in [-0.25, -0.2) is 0 Å². The van der Waals surface area contributed by atoms with Crippen LogP contribution in [0.5, 0.6) is 0 Å². The van der Waals surface area contributed by atoms with Gasteiger partial charge in [-0.1, -0.05) is 24.6 Å². The molecule has 0 saturated heterocycles. The number of nitrogens with one attached hydrogen (secondary N) is 1. The average molecular weight is 315 g/mol. The van der Waals surface area contributed by atoms with Crippen LogP contribution < -0.4 is 5.32 Å². The Kier molecular flexibility index (Phi) is 4.50. The summed E-state index contributed by atoms with van der Waals surface area (Å²) in [7, 11) is 0. The number of rotatable bonds is 2. The van der Waals surface area contributed by atoms with E-state index >= 15 is 0 Å². The van der Waals surface area contributed by atoms with Crippen molar-refractivity contribution in [2.75, 3.05) is 5.75 Å². The van der Waals surface area contributed by atoms with Crippen LogP contribution in [0.25, 0.3) is 0 Å². The SMILES string of the molecule is FC(F)(F)C1CCCC(NC2CCSc3ccccc32)C1. The highest BCUT2D eigenvalue weighted by molar-refractivity contribution is 7.99. The van der Waals surface area contributed by atoms with Gasteiger partial charge in [0.2, 0.25) is 0 Å².